The Balaban J connectivity index is 1.68. The lowest BCUT2D eigenvalue weighted by Gasteiger charge is -2.07. The van der Waals surface area contributed by atoms with Crippen molar-refractivity contribution in [2.24, 2.45) is 0 Å². The van der Waals surface area contributed by atoms with E-state index >= 15 is 0 Å². The molecule has 0 amide bonds. The summed E-state index contributed by atoms with van der Waals surface area (Å²) in [6.07, 6.45) is 0. The van der Waals surface area contributed by atoms with Crippen LogP contribution >= 0.6 is 11.6 Å². The summed E-state index contributed by atoms with van der Waals surface area (Å²) >= 11 is 5.89. The zero-order valence-electron chi connectivity index (χ0n) is 13.0. The number of hydrogen-bond acceptors (Lipinski definition) is 3. The van der Waals surface area contributed by atoms with E-state index in [1.807, 2.05) is 48.5 Å². The average Bonchev–Trinajstić information content (AvgIpc) is 2.95. The second-order valence-electron chi connectivity index (χ2n) is 5.32. The molecule has 3 aromatic rings. The molecular weight excluding hydrogens is 328 g/mol. The van der Waals surface area contributed by atoms with E-state index < -0.39 is 5.97 Å². The molecule has 0 aliphatic rings. The smallest absolute Gasteiger partial charge is 0.371 e. The quantitative estimate of drug-likeness (QED) is 0.693. The van der Waals surface area contributed by atoms with Crippen LogP contribution in [0.1, 0.15) is 21.9 Å². The molecule has 1 N–H and O–H groups in total. The molecule has 0 unspecified atom stereocenters. The minimum Gasteiger partial charge on any atom is -0.489 e. The van der Waals surface area contributed by atoms with Crippen LogP contribution in [0.4, 0.5) is 0 Å². The predicted molar refractivity (Wildman–Crippen MR) is 91.6 cm³/mol. The van der Waals surface area contributed by atoms with Crippen LogP contribution in [0.5, 0.6) is 5.75 Å². The largest absolute Gasteiger partial charge is 0.489 e. The summed E-state index contributed by atoms with van der Waals surface area (Å²) in [6.45, 7) is 1.97. The first-order chi connectivity index (χ1) is 11.5. The maximum absolute atomic E-state index is 10.9. The third-order valence-electron chi connectivity index (χ3n) is 3.66. The van der Waals surface area contributed by atoms with Gasteiger partial charge in [-0.3, -0.25) is 0 Å². The zero-order chi connectivity index (χ0) is 17.1. The zero-order valence-corrected chi connectivity index (χ0v) is 13.7. The molecule has 122 valence electrons. The molecule has 0 bridgehead atoms. The fourth-order valence-corrected chi connectivity index (χ4v) is 2.44. The molecule has 0 spiro atoms. The first-order valence-electron chi connectivity index (χ1n) is 7.34. The Morgan fingerprint density at radius 1 is 1.08 bits per heavy atom. The minimum atomic E-state index is -1.09. The molecule has 0 aliphatic heterocycles. The van der Waals surface area contributed by atoms with Crippen LogP contribution in [0.15, 0.2) is 59.0 Å². The number of ether oxygens (including phenoxy) is 1. The van der Waals surface area contributed by atoms with Crippen molar-refractivity contribution in [1.82, 2.24) is 0 Å². The van der Waals surface area contributed by atoms with Crippen molar-refractivity contribution < 1.29 is 19.1 Å². The molecule has 0 saturated carbocycles. The van der Waals surface area contributed by atoms with Gasteiger partial charge >= 0.3 is 5.97 Å². The van der Waals surface area contributed by atoms with Gasteiger partial charge in [-0.1, -0.05) is 35.9 Å². The molecule has 24 heavy (non-hydrogen) atoms. The third kappa shape index (κ3) is 3.60. The first-order valence-corrected chi connectivity index (χ1v) is 7.72. The molecule has 0 aliphatic carbocycles. The molecule has 5 heteroatoms. The van der Waals surface area contributed by atoms with Crippen molar-refractivity contribution >= 4 is 17.6 Å². The lowest BCUT2D eigenvalue weighted by molar-refractivity contribution is 0.0661. The fraction of sp³-hybridized carbons (Fsp3) is 0.105. The van der Waals surface area contributed by atoms with Crippen molar-refractivity contribution in [3.05, 3.63) is 76.7 Å². The van der Waals surface area contributed by atoms with Crippen molar-refractivity contribution in [3.63, 3.8) is 0 Å². The van der Waals surface area contributed by atoms with Crippen LogP contribution in [0.2, 0.25) is 5.02 Å². The fourth-order valence-electron chi connectivity index (χ4n) is 2.32. The SMILES string of the molecule is Cc1oc(C(=O)O)cc1COc1ccc(-c2ccc(Cl)cc2)cc1. The van der Waals surface area contributed by atoms with Crippen LogP contribution in [0.25, 0.3) is 11.1 Å². The Morgan fingerprint density at radius 3 is 2.21 bits per heavy atom. The van der Waals surface area contributed by atoms with Gasteiger partial charge in [-0.05, 0) is 48.4 Å². The molecule has 4 nitrogen and oxygen atoms in total. The van der Waals surface area contributed by atoms with Gasteiger partial charge in [0.2, 0.25) is 5.76 Å². The molecule has 1 heterocycles. The van der Waals surface area contributed by atoms with Crippen LogP contribution in [-0.4, -0.2) is 11.1 Å². The Kier molecular flexibility index (Phi) is 4.58. The number of aryl methyl sites for hydroxylation is 1. The van der Waals surface area contributed by atoms with Crippen molar-refractivity contribution in [1.29, 1.82) is 0 Å². The second-order valence-corrected chi connectivity index (χ2v) is 5.75. The highest BCUT2D eigenvalue weighted by molar-refractivity contribution is 6.30. The molecule has 0 saturated heterocycles. The van der Waals surface area contributed by atoms with Gasteiger partial charge in [0.1, 0.15) is 18.1 Å². The van der Waals surface area contributed by atoms with Gasteiger partial charge in [-0.2, -0.15) is 0 Å². The van der Waals surface area contributed by atoms with Gasteiger partial charge in [0.15, 0.2) is 0 Å². The van der Waals surface area contributed by atoms with Crippen LogP contribution in [0, 0.1) is 6.92 Å². The number of carboxylic acids is 1. The van der Waals surface area contributed by atoms with Gasteiger partial charge in [0.05, 0.1) is 0 Å². The number of hydrogen-bond donors (Lipinski definition) is 1. The van der Waals surface area contributed by atoms with Gasteiger partial charge in [-0.25, -0.2) is 4.79 Å². The average molecular weight is 343 g/mol. The molecule has 0 atom stereocenters. The molecule has 0 fully saturated rings. The minimum absolute atomic E-state index is 0.0795. The number of carbonyl (C=O) groups is 1. The van der Waals surface area contributed by atoms with E-state index in [9.17, 15) is 4.79 Å². The van der Waals surface area contributed by atoms with E-state index in [0.717, 1.165) is 11.1 Å². The summed E-state index contributed by atoms with van der Waals surface area (Å²) in [7, 11) is 0. The summed E-state index contributed by atoms with van der Waals surface area (Å²) in [4.78, 5) is 10.9. The number of benzene rings is 2. The lowest BCUT2D eigenvalue weighted by atomic mass is 10.1. The van der Waals surface area contributed by atoms with E-state index in [1.54, 1.807) is 6.92 Å². The van der Waals surface area contributed by atoms with Gasteiger partial charge in [0, 0.05) is 10.6 Å². The van der Waals surface area contributed by atoms with Crippen LogP contribution < -0.4 is 4.74 Å². The van der Waals surface area contributed by atoms with Crippen LogP contribution in [0.3, 0.4) is 0 Å². The Morgan fingerprint density at radius 2 is 1.67 bits per heavy atom. The van der Waals surface area contributed by atoms with E-state index in [-0.39, 0.29) is 12.4 Å². The van der Waals surface area contributed by atoms with Gasteiger partial charge < -0.3 is 14.3 Å². The summed E-state index contributed by atoms with van der Waals surface area (Å²) in [5, 5.41) is 9.62. The van der Waals surface area contributed by atoms with Crippen molar-refractivity contribution in [2.75, 3.05) is 0 Å². The summed E-state index contributed by atoms with van der Waals surface area (Å²) < 4.78 is 10.9. The Labute approximate surface area is 144 Å². The highest BCUT2D eigenvalue weighted by atomic mass is 35.5. The number of aromatic carboxylic acids is 1. The summed E-state index contributed by atoms with van der Waals surface area (Å²) in [6, 6.07) is 16.8. The molecule has 2 aromatic carbocycles. The number of halogens is 1. The second kappa shape index (κ2) is 6.81. The predicted octanol–water partition coefficient (Wildman–Crippen LogP) is 5.19. The molecule has 1 aromatic heterocycles. The van der Waals surface area contributed by atoms with Crippen molar-refractivity contribution in [3.8, 4) is 16.9 Å². The van der Waals surface area contributed by atoms with E-state index in [2.05, 4.69) is 0 Å². The maximum Gasteiger partial charge on any atom is 0.371 e. The topological polar surface area (TPSA) is 59.7 Å². The monoisotopic (exact) mass is 342 g/mol. The van der Waals surface area contributed by atoms with E-state index in [4.69, 9.17) is 25.9 Å². The van der Waals surface area contributed by atoms with E-state index in [1.165, 1.54) is 6.07 Å². The summed E-state index contributed by atoms with van der Waals surface area (Å²) in [5.74, 6) is 0.0798. The Hall–Kier alpha value is -2.72. The first kappa shape index (κ1) is 16.1. The number of carboxylic acid groups (broad SMARTS) is 1. The third-order valence-corrected chi connectivity index (χ3v) is 3.91. The number of furan rings is 1. The van der Waals surface area contributed by atoms with Crippen LogP contribution in [-0.2, 0) is 6.61 Å². The van der Waals surface area contributed by atoms with Gasteiger partial charge in [0.25, 0.3) is 0 Å². The highest BCUT2D eigenvalue weighted by Crippen LogP contribution is 2.25. The normalized spacial score (nSPS) is 10.6. The lowest BCUT2D eigenvalue weighted by Crippen LogP contribution is -1.96. The Bertz CT molecular complexity index is 848. The molecule has 0 radical (unpaired) electrons. The number of rotatable bonds is 5. The molecular formula is C19H15ClO4. The molecule has 3 rings (SSSR count). The van der Waals surface area contributed by atoms with E-state index in [0.29, 0.717) is 22.1 Å². The van der Waals surface area contributed by atoms with Gasteiger partial charge in [-0.15, -0.1) is 0 Å². The summed E-state index contributed by atoms with van der Waals surface area (Å²) in [5.41, 5.74) is 2.85. The highest BCUT2D eigenvalue weighted by Gasteiger charge is 2.13. The maximum atomic E-state index is 10.9. The standard InChI is InChI=1S/C19H15ClO4/c1-12-15(10-18(24-12)19(21)22)11-23-17-8-4-14(5-9-17)13-2-6-16(20)7-3-13/h2-10H,11H2,1H3,(H,21,22). The van der Waals surface area contributed by atoms with Crippen molar-refractivity contribution in [2.45, 2.75) is 13.5 Å².